The zero-order valence-corrected chi connectivity index (χ0v) is 13.8. The van der Waals surface area contributed by atoms with E-state index in [1.165, 1.54) is 0 Å². The highest BCUT2D eigenvalue weighted by atomic mass is 16.3. The van der Waals surface area contributed by atoms with Gasteiger partial charge in [0.25, 0.3) is 0 Å². The van der Waals surface area contributed by atoms with Crippen LogP contribution in [0.5, 0.6) is 0 Å². The maximum Gasteiger partial charge on any atom is 0.135 e. The Balaban J connectivity index is 1.68. The number of benzene rings is 3. The predicted molar refractivity (Wildman–Crippen MR) is 102 cm³/mol. The minimum Gasteiger partial charge on any atom is -0.456 e. The Kier molecular flexibility index (Phi) is 3.75. The maximum atomic E-state index is 9.20. The van der Waals surface area contributed by atoms with Gasteiger partial charge in [0.1, 0.15) is 11.2 Å². The Morgan fingerprint density at radius 3 is 2.32 bits per heavy atom. The molecule has 0 aliphatic carbocycles. The number of rotatable bonds is 4. The maximum absolute atomic E-state index is 9.20. The summed E-state index contributed by atoms with van der Waals surface area (Å²) in [6.07, 6.45) is 0. The van der Waals surface area contributed by atoms with Crippen LogP contribution in [0.2, 0.25) is 0 Å². The van der Waals surface area contributed by atoms with Crippen LogP contribution in [0, 0.1) is 11.3 Å². The van der Waals surface area contributed by atoms with Gasteiger partial charge >= 0.3 is 0 Å². The molecule has 0 amide bonds. The van der Waals surface area contributed by atoms with E-state index >= 15 is 0 Å². The average Bonchev–Trinajstić information content (AvgIpc) is 3.03. The van der Waals surface area contributed by atoms with E-state index in [1.54, 1.807) is 0 Å². The summed E-state index contributed by atoms with van der Waals surface area (Å²) in [5, 5.41) is 17.9. The van der Waals surface area contributed by atoms with Crippen molar-refractivity contribution in [1.82, 2.24) is 0 Å². The first-order valence-electron chi connectivity index (χ1n) is 8.14. The first kappa shape index (κ1) is 15.1. The first-order chi connectivity index (χ1) is 12.3. The van der Waals surface area contributed by atoms with Gasteiger partial charge in [-0.25, -0.2) is 0 Å². The third kappa shape index (κ3) is 2.77. The number of fused-ring (bicyclic) bond motifs is 3. The first-order valence-corrected chi connectivity index (χ1v) is 8.14. The third-order valence-electron chi connectivity index (χ3n) is 4.38. The van der Waals surface area contributed by atoms with Crippen molar-refractivity contribution in [3.63, 3.8) is 0 Å². The van der Waals surface area contributed by atoms with Crippen molar-refractivity contribution < 1.29 is 4.42 Å². The normalized spacial score (nSPS) is 10.7. The van der Waals surface area contributed by atoms with Crippen LogP contribution in [-0.4, -0.2) is 7.05 Å². The Morgan fingerprint density at radius 1 is 0.920 bits per heavy atom. The smallest absolute Gasteiger partial charge is 0.135 e. The molecule has 1 aromatic heterocycles. The van der Waals surface area contributed by atoms with E-state index in [0.717, 1.165) is 38.9 Å². The summed E-state index contributed by atoms with van der Waals surface area (Å²) in [5.41, 5.74) is 5.48. The van der Waals surface area contributed by atoms with Gasteiger partial charge < -0.3 is 15.1 Å². The molecular formula is C21H17N3O. The summed E-state index contributed by atoms with van der Waals surface area (Å²) < 4.78 is 5.91. The summed E-state index contributed by atoms with van der Waals surface area (Å²) in [4.78, 5) is 0. The molecule has 0 fully saturated rings. The lowest BCUT2D eigenvalue weighted by Crippen LogP contribution is -2.01. The lowest BCUT2D eigenvalue weighted by molar-refractivity contribution is 0.669. The van der Waals surface area contributed by atoms with Gasteiger partial charge in [-0.05, 0) is 48.0 Å². The molecule has 0 radical (unpaired) electrons. The summed E-state index contributed by atoms with van der Waals surface area (Å²) >= 11 is 0. The molecule has 0 atom stereocenters. The minimum absolute atomic E-state index is 0.604. The fraction of sp³-hybridized carbons (Fsp3) is 0.0952. The molecule has 25 heavy (non-hydrogen) atoms. The molecule has 4 aromatic rings. The lowest BCUT2D eigenvalue weighted by atomic mass is 10.1. The van der Waals surface area contributed by atoms with Gasteiger partial charge in [-0.15, -0.1) is 0 Å². The van der Waals surface area contributed by atoms with Crippen LogP contribution >= 0.6 is 0 Å². The van der Waals surface area contributed by atoms with Crippen LogP contribution in [0.25, 0.3) is 21.9 Å². The second-order valence-electron chi connectivity index (χ2n) is 5.90. The van der Waals surface area contributed by atoms with Crippen LogP contribution in [0.15, 0.2) is 65.1 Å². The van der Waals surface area contributed by atoms with Gasteiger partial charge in [0, 0.05) is 35.7 Å². The van der Waals surface area contributed by atoms with E-state index < -0.39 is 0 Å². The van der Waals surface area contributed by atoms with Crippen molar-refractivity contribution in [3.8, 4) is 6.07 Å². The lowest BCUT2D eigenvalue weighted by Gasteiger charge is -2.08. The highest BCUT2D eigenvalue weighted by Gasteiger charge is 2.09. The average molecular weight is 327 g/mol. The minimum atomic E-state index is 0.604. The van der Waals surface area contributed by atoms with E-state index in [1.807, 2.05) is 55.6 Å². The zero-order valence-electron chi connectivity index (χ0n) is 13.8. The number of hydrogen-bond donors (Lipinski definition) is 2. The Labute approximate surface area is 145 Å². The van der Waals surface area contributed by atoms with Crippen LogP contribution in [0.1, 0.15) is 11.1 Å². The molecule has 0 spiro atoms. The molecule has 0 saturated carbocycles. The summed E-state index contributed by atoms with van der Waals surface area (Å²) in [7, 11) is 1.91. The summed E-state index contributed by atoms with van der Waals surface area (Å²) in [5.74, 6) is 0. The molecule has 4 heteroatoms. The molecule has 4 rings (SSSR count). The molecule has 0 bridgehead atoms. The number of anilines is 2. The molecule has 0 unspecified atom stereocenters. The van der Waals surface area contributed by atoms with Crippen molar-refractivity contribution in [2.75, 3.05) is 17.7 Å². The molecule has 122 valence electrons. The summed E-state index contributed by atoms with van der Waals surface area (Å²) in [6.45, 7) is 0.604. The van der Waals surface area contributed by atoms with Gasteiger partial charge in [-0.2, -0.15) is 5.26 Å². The Hall–Kier alpha value is -3.45. The standard InChI is InChI=1S/C21H17N3O/c1-23-16-6-8-20-18(10-16)19-11-17(7-9-21(19)25-20)24-13-15-5-3-2-4-14(15)12-22/h2-11,23-24H,13H2,1H3. The van der Waals surface area contributed by atoms with Crippen molar-refractivity contribution in [2.45, 2.75) is 6.54 Å². The molecule has 0 aliphatic rings. The van der Waals surface area contributed by atoms with Crippen LogP contribution < -0.4 is 10.6 Å². The van der Waals surface area contributed by atoms with Crippen LogP contribution in [0.3, 0.4) is 0 Å². The quantitative estimate of drug-likeness (QED) is 0.547. The molecule has 2 N–H and O–H groups in total. The molecule has 4 nitrogen and oxygen atoms in total. The number of nitrogens with zero attached hydrogens (tertiary/aromatic N) is 1. The van der Waals surface area contributed by atoms with E-state index in [0.29, 0.717) is 12.1 Å². The number of nitriles is 1. The SMILES string of the molecule is CNc1ccc2oc3ccc(NCc4ccccc4C#N)cc3c2c1. The molecule has 3 aromatic carbocycles. The van der Waals surface area contributed by atoms with E-state index in [2.05, 4.69) is 28.8 Å². The van der Waals surface area contributed by atoms with Gasteiger partial charge in [0.15, 0.2) is 0 Å². The van der Waals surface area contributed by atoms with Gasteiger partial charge in [0.05, 0.1) is 11.6 Å². The Morgan fingerprint density at radius 2 is 1.60 bits per heavy atom. The largest absolute Gasteiger partial charge is 0.456 e. The topological polar surface area (TPSA) is 61.0 Å². The second-order valence-corrected chi connectivity index (χ2v) is 5.90. The van der Waals surface area contributed by atoms with Crippen molar-refractivity contribution >= 4 is 33.3 Å². The predicted octanol–water partition coefficient (Wildman–Crippen LogP) is 5.11. The van der Waals surface area contributed by atoms with Gasteiger partial charge in [0.2, 0.25) is 0 Å². The molecule has 0 aliphatic heterocycles. The Bertz CT molecular complexity index is 1110. The van der Waals surface area contributed by atoms with Crippen molar-refractivity contribution in [1.29, 1.82) is 5.26 Å². The number of hydrogen-bond acceptors (Lipinski definition) is 4. The highest BCUT2D eigenvalue weighted by molar-refractivity contribution is 6.07. The number of furan rings is 1. The van der Waals surface area contributed by atoms with Gasteiger partial charge in [-0.1, -0.05) is 18.2 Å². The number of nitrogens with one attached hydrogen (secondary N) is 2. The van der Waals surface area contributed by atoms with Crippen LogP contribution in [-0.2, 0) is 6.54 Å². The molecule has 0 saturated heterocycles. The molecular weight excluding hydrogens is 310 g/mol. The van der Waals surface area contributed by atoms with E-state index in [9.17, 15) is 5.26 Å². The van der Waals surface area contributed by atoms with Crippen molar-refractivity contribution in [3.05, 3.63) is 71.8 Å². The van der Waals surface area contributed by atoms with Crippen LogP contribution in [0.4, 0.5) is 11.4 Å². The zero-order chi connectivity index (χ0) is 17.2. The monoisotopic (exact) mass is 327 g/mol. The molecule has 1 heterocycles. The highest BCUT2D eigenvalue weighted by Crippen LogP contribution is 2.32. The summed E-state index contributed by atoms with van der Waals surface area (Å²) in [6, 6.07) is 22.0. The van der Waals surface area contributed by atoms with Crippen molar-refractivity contribution in [2.24, 2.45) is 0 Å². The third-order valence-corrected chi connectivity index (χ3v) is 4.38. The fourth-order valence-electron chi connectivity index (χ4n) is 3.02. The second kappa shape index (κ2) is 6.21. The van der Waals surface area contributed by atoms with E-state index in [4.69, 9.17) is 4.42 Å². The van der Waals surface area contributed by atoms with Gasteiger partial charge in [-0.3, -0.25) is 0 Å². The fourth-order valence-corrected chi connectivity index (χ4v) is 3.02. The van der Waals surface area contributed by atoms with E-state index in [-0.39, 0.29) is 0 Å².